The van der Waals surface area contributed by atoms with Crippen LogP contribution in [0.4, 0.5) is 26.3 Å². The third-order valence-corrected chi connectivity index (χ3v) is 9.48. The van der Waals surface area contributed by atoms with Gasteiger partial charge in [0, 0.05) is 55.7 Å². The van der Waals surface area contributed by atoms with Gasteiger partial charge in [0.15, 0.2) is 46.1 Å². The second kappa shape index (κ2) is 14.2. The van der Waals surface area contributed by atoms with Crippen LogP contribution in [0.2, 0.25) is 0 Å². The summed E-state index contributed by atoms with van der Waals surface area (Å²) in [5.41, 5.74) is -2.32. The van der Waals surface area contributed by atoms with Crippen LogP contribution in [0.5, 0.6) is 34.5 Å². The highest BCUT2D eigenvalue weighted by Gasteiger charge is 2.42. The standard InChI is InChI=1S/C40H28F6O10/c1-17-29(37(53)25-15-27(47)35(51)23(31(25)33(17)49)13-7-19-3-9-21(10-4-19)55-39(41,42)43)30-18(2)34(50)32-24(36(52)28(48)16-26(32)38(30)54)14-8-20-5-11-22(12-6-20)56-40(44,45)46/h3-6,9-12,15-16,47-48,51-52H,7-8,13-14H2,1-2H3. The van der Waals surface area contributed by atoms with Crippen molar-refractivity contribution in [2.24, 2.45) is 0 Å². The van der Waals surface area contributed by atoms with Crippen molar-refractivity contribution in [2.75, 3.05) is 0 Å². The number of alkyl halides is 6. The number of fused-ring (bicyclic) bond motifs is 2. The van der Waals surface area contributed by atoms with E-state index in [1.165, 1.54) is 38.1 Å². The van der Waals surface area contributed by atoms with E-state index in [1.54, 1.807) is 0 Å². The fraction of sp³-hybridized carbons (Fsp3) is 0.200. The van der Waals surface area contributed by atoms with Crippen molar-refractivity contribution >= 4 is 23.1 Å². The Kier molecular flexibility index (Phi) is 9.95. The molecule has 4 N–H and O–H groups in total. The topological polar surface area (TPSA) is 168 Å². The quantitative estimate of drug-likeness (QED) is 0.0966. The van der Waals surface area contributed by atoms with E-state index in [2.05, 4.69) is 9.47 Å². The molecule has 290 valence electrons. The van der Waals surface area contributed by atoms with Crippen LogP contribution in [0.15, 0.2) is 83.0 Å². The van der Waals surface area contributed by atoms with Crippen molar-refractivity contribution in [1.29, 1.82) is 0 Å². The molecule has 0 aliphatic heterocycles. The summed E-state index contributed by atoms with van der Waals surface area (Å²) in [5, 5.41) is 42.9. The second-order valence-corrected chi connectivity index (χ2v) is 13.0. The maximum absolute atomic E-state index is 14.2. The predicted octanol–water partition coefficient (Wildman–Crippen LogP) is 7.97. The molecule has 2 aliphatic rings. The number of ketones is 4. The number of hydrogen-bond acceptors (Lipinski definition) is 10. The zero-order valence-corrected chi connectivity index (χ0v) is 29.1. The number of rotatable bonds is 9. The fourth-order valence-corrected chi connectivity index (χ4v) is 6.86. The zero-order chi connectivity index (χ0) is 41.0. The summed E-state index contributed by atoms with van der Waals surface area (Å²) in [7, 11) is 0. The highest BCUT2D eigenvalue weighted by molar-refractivity contribution is 6.37. The zero-order valence-electron chi connectivity index (χ0n) is 29.1. The number of carbonyl (C=O) groups is 4. The van der Waals surface area contributed by atoms with Gasteiger partial charge in [-0.3, -0.25) is 19.2 Å². The van der Waals surface area contributed by atoms with Crippen LogP contribution in [-0.4, -0.2) is 56.3 Å². The van der Waals surface area contributed by atoms with E-state index >= 15 is 0 Å². The summed E-state index contributed by atoms with van der Waals surface area (Å²) in [6.45, 7) is 2.45. The Morgan fingerprint density at radius 3 is 1.12 bits per heavy atom. The van der Waals surface area contributed by atoms with Crippen LogP contribution in [0, 0.1) is 0 Å². The lowest BCUT2D eigenvalue weighted by atomic mass is 9.72. The van der Waals surface area contributed by atoms with Gasteiger partial charge in [0.05, 0.1) is 0 Å². The van der Waals surface area contributed by atoms with Gasteiger partial charge in [0.2, 0.25) is 0 Å². The Hall–Kier alpha value is -6.58. The van der Waals surface area contributed by atoms with Crippen LogP contribution in [0.1, 0.15) is 77.5 Å². The van der Waals surface area contributed by atoms with E-state index in [0.29, 0.717) is 11.1 Å². The molecule has 10 nitrogen and oxygen atoms in total. The summed E-state index contributed by atoms with van der Waals surface area (Å²) in [4.78, 5) is 56.4. The first kappa shape index (κ1) is 39.1. The molecule has 0 heterocycles. The SMILES string of the molecule is CC1=C(C2=C(C)C(=O)c3c(cc(O)c(O)c3CCc3ccc(OC(F)(F)F)cc3)C2=O)C(=O)c2cc(O)c(O)c(CCc3ccc(OC(F)(F)F)cc3)c2C1=O. The predicted molar refractivity (Wildman–Crippen MR) is 183 cm³/mol. The molecule has 0 bridgehead atoms. The lowest BCUT2D eigenvalue weighted by Crippen LogP contribution is -2.30. The molecule has 4 aromatic carbocycles. The molecule has 2 aliphatic carbocycles. The number of carbonyl (C=O) groups excluding carboxylic acids is 4. The van der Waals surface area contributed by atoms with Gasteiger partial charge >= 0.3 is 12.7 Å². The van der Waals surface area contributed by atoms with Crippen molar-refractivity contribution in [2.45, 2.75) is 52.3 Å². The molecule has 0 unspecified atom stereocenters. The number of Topliss-reactive ketones (excluding diaryl/α,β-unsaturated/α-hetero) is 4. The van der Waals surface area contributed by atoms with E-state index < -0.39 is 92.6 Å². The second-order valence-electron chi connectivity index (χ2n) is 13.0. The minimum Gasteiger partial charge on any atom is -0.504 e. The number of phenolic OH excluding ortho intramolecular Hbond substituents is 4. The molecule has 6 rings (SSSR count). The first-order valence-corrected chi connectivity index (χ1v) is 16.6. The van der Waals surface area contributed by atoms with Gasteiger partial charge in [0.25, 0.3) is 0 Å². The Morgan fingerprint density at radius 1 is 0.500 bits per heavy atom. The minimum absolute atomic E-state index is 0.0251. The van der Waals surface area contributed by atoms with Crippen molar-refractivity contribution in [1.82, 2.24) is 0 Å². The number of ether oxygens (including phenoxy) is 2. The van der Waals surface area contributed by atoms with Crippen molar-refractivity contribution in [3.8, 4) is 34.5 Å². The molecule has 0 fully saturated rings. The van der Waals surface area contributed by atoms with Gasteiger partial charge < -0.3 is 29.9 Å². The maximum atomic E-state index is 14.2. The minimum atomic E-state index is -4.91. The average molecular weight is 783 g/mol. The summed E-state index contributed by atoms with van der Waals surface area (Å²) >= 11 is 0. The molecule has 0 amide bonds. The van der Waals surface area contributed by atoms with Crippen molar-refractivity contribution < 1.29 is 75.4 Å². The number of phenols is 4. The Balaban J connectivity index is 1.33. The van der Waals surface area contributed by atoms with Gasteiger partial charge in [-0.2, -0.15) is 0 Å². The third kappa shape index (κ3) is 7.41. The lowest BCUT2D eigenvalue weighted by molar-refractivity contribution is -0.275. The Morgan fingerprint density at radius 2 is 0.821 bits per heavy atom. The highest BCUT2D eigenvalue weighted by Crippen LogP contribution is 2.45. The average Bonchev–Trinajstić information content (AvgIpc) is 3.11. The number of allylic oxidation sites excluding steroid dienone is 4. The van der Waals surface area contributed by atoms with Gasteiger partial charge in [-0.05, 0) is 87.1 Å². The van der Waals surface area contributed by atoms with Crippen molar-refractivity contribution in [3.05, 3.63) is 127 Å². The summed E-state index contributed by atoms with van der Waals surface area (Å²) < 4.78 is 83.2. The molecule has 0 saturated carbocycles. The molecule has 4 aromatic rings. The molecule has 16 heteroatoms. The number of halogens is 6. The van der Waals surface area contributed by atoms with Gasteiger partial charge in [-0.25, -0.2) is 0 Å². The van der Waals surface area contributed by atoms with Crippen LogP contribution >= 0.6 is 0 Å². The molecule has 56 heavy (non-hydrogen) atoms. The van der Waals surface area contributed by atoms with Gasteiger partial charge in [-0.1, -0.05) is 24.3 Å². The lowest BCUT2D eigenvalue weighted by Gasteiger charge is -2.28. The van der Waals surface area contributed by atoms with Crippen molar-refractivity contribution in [3.63, 3.8) is 0 Å². The molecule has 0 radical (unpaired) electrons. The normalized spacial score (nSPS) is 14.6. The smallest absolute Gasteiger partial charge is 0.504 e. The van der Waals surface area contributed by atoms with E-state index in [1.807, 2.05) is 0 Å². The van der Waals surface area contributed by atoms with Crippen LogP contribution in [0.25, 0.3) is 0 Å². The summed E-state index contributed by atoms with van der Waals surface area (Å²) in [5.74, 6) is -7.56. The van der Waals surface area contributed by atoms with Gasteiger partial charge in [-0.15, -0.1) is 26.3 Å². The number of benzene rings is 4. The Bertz CT molecular complexity index is 2240. The fourth-order valence-electron chi connectivity index (χ4n) is 6.86. The first-order valence-electron chi connectivity index (χ1n) is 16.6. The highest BCUT2D eigenvalue weighted by atomic mass is 19.4. The van der Waals surface area contributed by atoms with Crippen LogP contribution in [-0.2, 0) is 25.7 Å². The number of aromatic hydroxyl groups is 4. The van der Waals surface area contributed by atoms with E-state index in [0.717, 1.165) is 36.4 Å². The first-order chi connectivity index (χ1) is 26.2. The summed E-state index contributed by atoms with van der Waals surface area (Å²) in [6.07, 6.45) is -10.1. The Labute approximate surface area is 312 Å². The number of aryl methyl sites for hydroxylation is 2. The molecule has 0 atom stereocenters. The summed E-state index contributed by atoms with van der Waals surface area (Å²) in [6, 6.07) is 11.2. The van der Waals surface area contributed by atoms with Crippen LogP contribution < -0.4 is 9.47 Å². The van der Waals surface area contributed by atoms with Gasteiger partial charge in [0.1, 0.15) is 11.5 Å². The molecule has 0 saturated heterocycles. The molecular weight excluding hydrogens is 754 g/mol. The number of hydrogen-bond donors (Lipinski definition) is 4. The van der Waals surface area contributed by atoms with E-state index in [4.69, 9.17) is 0 Å². The third-order valence-electron chi connectivity index (χ3n) is 9.48. The van der Waals surface area contributed by atoms with E-state index in [-0.39, 0.29) is 59.1 Å². The van der Waals surface area contributed by atoms with E-state index in [9.17, 15) is 65.9 Å². The van der Waals surface area contributed by atoms with Crippen LogP contribution in [0.3, 0.4) is 0 Å². The molecular formula is C40H28F6O10. The monoisotopic (exact) mass is 782 g/mol. The molecule has 0 aromatic heterocycles. The molecule has 0 spiro atoms. The maximum Gasteiger partial charge on any atom is 0.573 e. The largest absolute Gasteiger partial charge is 0.573 e.